The zero-order valence-corrected chi connectivity index (χ0v) is 17.4. The van der Waals surface area contributed by atoms with Crippen molar-refractivity contribution >= 4 is 11.8 Å². The van der Waals surface area contributed by atoms with Crippen LogP contribution in [-0.4, -0.2) is 16.9 Å². The Morgan fingerprint density at radius 3 is 1.28 bits per heavy atom. The molecule has 0 aliphatic carbocycles. The van der Waals surface area contributed by atoms with Crippen LogP contribution in [0.25, 0.3) is 0 Å². The van der Waals surface area contributed by atoms with Gasteiger partial charge in [-0.25, -0.2) is 4.79 Å². The molecule has 0 aliphatic heterocycles. The number of carbonyl (C=O) groups excluding carboxylic acids is 1. The van der Waals surface area contributed by atoms with Gasteiger partial charge in [0.1, 0.15) is 6.04 Å². The van der Waals surface area contributed by atoms with Crippen molar-refractivity contribution in [1.82, 2.24) is 5.32 Å². The summed E-state index contributed by atoms with van der Waals surface area (Å²) in [6.45, 7) is 0. The van der Waals surface area contributed by atoms with E-state index in [4.69, 9.17) is 0 Å². The molecule has 32 heavy (non-hydrogen) atoms. The van der Waals surface area contributed by atoms with Crippen molar-refractivity contribution in [3.63, 3.8) is 0 Å². The summed E-state index contributed by atoms with van der Waals surface area (Å²) in [6, 6.07) is 37.3. The van der Waals surface area contributed by atoms with Gasteiger partial charge in [0.05, 0.1) is 5.54 Å². The van der Waals surface area contributed by atoms with E-state index in [0.29, 0.717) is 5.56 Å². The van der Waals surface area contributed by atoms with Crippen LogP contribution in [0.1, 0.15) is 28.3 Å². The zero-order chi connectivity index (χ0) is 22.4. The van der Waals surface area contributed by atoms with Crippen molar-refractivity contribution in [3.8, 4) is 0 Å². The van der Waals surface area contributed by atoms with Crippen molar-refractivity contribution in [2.24, 2.45) is 0 Å². The molecule has 4 nitrogen and oxygen atoms in total. The van der Waals surface area contributed by atoms with E-state index in [9.17, 15) is 14.7 Å². The van der Waals surface area contributed by atoms with E-state index in [1.165, 1.54) is 0 Å². The summed E-state index contributed by atoms with van der Waals surface area (Å²) < 4.78 is 0. The fourth-order valence-corrected chi connectivity index (χ4v) is 4.10. The van der Waals surface area contributed by atoms with E-state index in [1.807, 2.05) is 97.1 Å². The molecule has 0 saturated carbocycles. The molecule has 1 atom stereocenters. The lowest BCUT2D eigenvalue weighted by atomic mass is 9.76. The van der Waals surface area contributed by atoms with Gasteiger partial charge in [0.25, 0.3) is 5.78 Å². The number of ketones is 1. The van der Waals surface area contributed by atoms with Crippen LogP contribution >= 0.6 is 0 Å². The molecule has 4 aromatic carbocycles. The Hall–Kier alpha value is -4.02. The van der Waals surface area contributed by atoms with Crippen LogP contribution < -0.4 is 5.32 Å². The molecule has 4 heteroatoms. The smallest absolute Gasteiger partial charge is 0.374 e. The second-order valence-corrected chi connectivity index (χ2v) is 7.51. The van der Waals surface area contributed by atoms with E-state index in [0.717, 1.165) is 16.7 Å². The summed E-state index contributed by atoms with van der Waals surface area (Å²) in [5.41, 5.74) is 2.33. The van der Waals surface area contributed by atoms with E-state index in [2.05, 4.69) is 5.32 Å². The highest BCUT2D eigenvalue weighted by atomic mass is 16.4. The van der Waals surface area contributed by atoms with Gasteiger partial charge in [-0.05, 0) is 22.3 Å². The number of hydrogen-bond acceptors (Lipinski definition) is 3. The summed E-state index contributed by atoms with van der Waals surface area (Å²) in [6.07, 6.45) is 0. The minimum absolute atomic E-state index is 0.590. The summed E-state index contributed by atoms with van der Waals surface area (Å²) in [7, 11) is 0. The number of Topliss-reactive ketones (excluding diaryl/α,β-unsaturated/α-hetero) is 1. The first-order valence-corrected chi connectivity index (χ1v) is 10.4. The van der Waals surface area contributed by atoms with Gasteiger partial charge in [0.2, 0.25) is 0 Å². The first kappa shape index (κ1) is 21.2. The topological polar surface area (TPSA) is 66.4 Å². The lowest BCUT2D eigenvalue weighted by Gasteiger charge is -2.39. The van der Waals surface area contributed by atoms with Crippen LogP contribution in [0.2, 0.25) is 0 Å². The summed E-state index contributed by atoms with van der Waals surface area (Å²) >= 11 is 0. The monoisotopic (exact) mass is 421 g/mol. The van der Waals surface area contributed by atoms with Gasteiger partial charge >= 0.3 is 5.97 Å². The highest BCUT2D eigenvalue weighted by Gasteiger charge is 2.41. The highest BCUT2D eigenvalue weighted by molar-refractivity contribution is 6.34. The molecule has 0 amide bonds. The average molecular weight is 421 g/mol. The second kappa shape index (κ2) is 9.41. The van der Waals surface area contributed by atoms with Crippen molar-refractivity contribution in [2.75, 3.05) is 0 Å². The number of benzene rings is 4. The minimum atomic E-state index is -1.48. The molecule has 0 aliphatic rings. The fourth-order valence-electron chi connectivity index (χ4n) is 4.10. The van der Waals surface area contributed by atoms with Gasteiger partial charge in [0, 0.05) is 0 Å². The molecular formula is C28H23NO3. The normalized spacial score (nSPS) is 12.1. The highest BCUT2D eigenvalue weighted by Crippen LogP contribution is 2.39. The Morgan fingerprint density at radius 1 is 0.594 bits per heavy atom. The maximum absolute atomic E-state index is 13.0. The third-order valence-corrected chi connectivity index (χ3v) is 5.59. The van der Waals surface area contributed by atoms with Crippen LogP contribution in [0.5, 0.6) is 0 Å². The molecule has 0 heterocycles. The molecule has 0 radical (unpaired) electrons. The predicted molar refractivity (Wildman–Crippen MR) is 124 cm³/mol. The molecule has 4 rings (SSSR count). The molecular weight excluding hydrogens is 398 g/mol. The van der Waals surface area contributed by atoms with Crippen molar-refractivity contribution in [1.29, 1.82) is 0 Å². The second-order valence-electron chi connectivity index (χ2n) is 7.51. The van der Waals surface area contributed by atoms with Crippen LogP contribution in [0, 0.1) is 0 Å². The maximum Gasteiger partial charge on any atom is 0.374 e. The molecule has 158 valence electrons. The van der Waals surface area contributed by atoms with Crippen LogP contribution in [0.4, 0.5) is 0 Å². The minimum Gasteiger partial charge on any atom is -0.475 e. The SMILES string of the molecule is O=C(O)C(=O)[C@H](NC(c1ccccc1)(c1ccccc1)c1ccccc1)c1ccccc1. The van der Waals surface area contributed by atoms with Gasteiger partial charge in [-0.3, -0.25) is 10.1 Å². The fraction of sp³-hybridized carbons (Fsp3) is 0.0714. The summed E-state index contributed by atoms with van der Waals surface area (Å²) in [5, 5.41) is 13.1. The van der Waals surface area contributed by atoms with Gasteiger partial charge < -0.3 is 5.11 Å². The number of carbonyl (C=O) groups is 2. The Labute approximate surface area is 187 Å². The summed E-state index contributed by atoms with van der Waals surface area (Å²) in [5.74, 6) is -2.39. The van der Waals surface area contributed by atoms with Gasteiger partial charge in [0.15, 0.2) is 0 Å². The molecule has 0 spiro atoms. The third kappa shape index (κ3) is 4.09. The van der Waals surface area contributed by atoms with E-state index < -0.39 is 23.3 Å². The largest absolute Gasteiger partial charge is 0.475 e. The number of rotatable bonds is 8. The Balaban J connectivity index is 2.00. The molecule has 0 aromatic heterocycles. The Bertz CT molecular complexity index is 1080. The molecule has 2 N–H and O–H groups in total. The first-order chi connectivity index (χ1) is 15.6. The average Bonchev–Trinajstić information content (AvgIpc) is 2.87. The van der Waals surface area contributed by atoms with Gasteiger partial charge in [-0.1, -0.05) is 121 Å². The predicted octanol–water partition coefficient (Wildman–Crippen LogP) is 4.96. The first-order valence-electron chi connectivity index (χ1n) is 10.4. The quantitative estimate of drug-likeness (QED) is 0.312. The van der Waals surface area contributed by atoms with E-state index >= 15 is 0 Å². The van der Waals surface area contributed by atoms with Crippen molar-refractivity contribution in [2.45, 2.75) is 11.6 Å². The van der Waals surface area contributed by atoms with Gasteiger partial charge in [-0.15, -0.1) is 0 Å². The number of carboxylic acid groups (broad SMARTS) is 1. The van der Waals surface area contributed by atoms with E-state index in [-0.39, 0.29) is 0 Å². The molecule has 0 bridgehead atoms. The Kier molecular flexibility index (Phi) is 6.24. The Morgan fingerprint density at radius 2 is 0.938 bits per heavy atom. The van der Waals surface area contributed by atoms with E-state index in [1.54, 1.807) is 24.3 Å². The lowest BCUT2D eigenvalue weighted by Crippen LogP contribution is -2.49. The van der Waals surface area contributed by atoms with Crippen molar-refractivity contribution in [3.05, 3.63) is 144 Å². The van der Waals surface area contributed by atoms with Crippen LogP contribution in [0.15, 0.2) is 121 Å². The zero-order valence-electron chi connectivity index (χ0n) is 17.4. The van der Waals surface area contributed by atoms with Crippen molar-refractivity contribution < 1.29 is 14.7 Å². The van der Waals surface area contributed by atoms with Crippen LogP contribution in [0.3, 0.4) is 0 Å². The van der Waals surface area contributed by atoms with Crippen LogP contribution in [-0.2, 0) is 15.1 Å². The number of hydrogen-bond donors (Lipinski definition) is 2. The molecule has 0 saturated heterocycles. The molecule has 4 aromatic rings. The standard InChI is InChI=1S/C28H23NO3/c30-26(27(31)32)25(21-13-5-1-6-14-21)29-28(22-15-7-2-8-16-22,23-17-9-3-10-18-23)24-19-11-4-12-20-24/h1-20,25,29H,(H,31,32)/t25-/m1/s1. The number of carboxylic acids is 1. The molecule has 0 unspecified atom stereocenters. The lowest BCUT2D eigenvalue weighted by molar-refractivity contribution is -0.150. The third-order valence-electron chi connectivity index (χ3n) is 5.59. The van der Waals surface area contributed by atoms with Gasteiger partial charge in [-0.2, -0.15) is 0 Å². The number of aliphatic carboxylic acids is 1. The summed E-state index contributed by atoms with van der Waals surface area (Å²) in [4.78, 5) is 24.8. The maximum atomic E-state index is 13.0. The number of nitrogens with one attached hydrogen (secondary N) is 1. The molecule has 0 fully saturated rings.